The summed E-state index contributed by atoms with van der Waals surface area (Å²) in [6, 6.07) is 0. The molecule has 1 rings (SSSR count). The van der Waals surface area contributed by atoms with Crippen molar-refractivity contribution in [2.45, 2.75) is 4.58 Å². The summed E-state index contributed by atoms with van der Waals surface area (Å²) in [7, 11) is 0. The summed E-state index contributed by atoms with van der Waals surface area (Å²) in [6.45, 7) is 0. The van der Waals surface area contributed by atoms with E-state index in [1.807, 2.05) is 0 Å². The molecule has 0 aliphatic carbocycles. The van der Waals surface area contributed by atoms with E-state index in [1.165, 1.54) is 0 Å². The van der Waals surface area contributed by atoms with E-state index in [0.717, 1.165) is 12.7 Å². The van der Waals surface area contributed by atoms with E-state index >= 15 is 0 Å². The van der Waals surface area contributed by atoms with E-state index in [2.05, 4.69) is 9.98 Å². The maximum atomic E-state index is 8.74. The Labute approximate surface area is 61.4 Å². The van der Waals surface area contributed by atoms with Crippen molar-refractivity contribution in [2.24, 2.45) is 9.98 Å². The number of hydrogen-bond acceptors (Lipinski definition) is 4. The van der Waals surface area contributed by atoms with Gasteiger partial charge in [0.25, 0.3) is 0 Å². The highest BCUT2D eigenvalue weighted by molar-refractivity contribution is 6.48. The molecular weight excluding hydrogens is 165 g/mol. The molecule has 0 fully saturated rings. The first-order valence-corrected chi connectivity index (χ1v) is 2.81. The molecule has 0 bridgehead atoms. The largest absolute Gasteiger partial charge is 0.312 e. The molecule has 1 heterocycles. The first-order chi connectivity index (χ1) is 4.13. The van der Waals surface area contributed by atoms with Crippen LogP contribution in [0.15, 0.2) is 9.98 Å². The Bertz CT molecular complexity index is 166. The molecule has 0 aromatic heterocycles. The van der Waals surface area contributed by atoms with Gasteiger partial charge in [0, 0.05) is 0 Å². The molecule has 0 saturated heterocycles. The molecule has 1 N–H and O–H groups in total. The van der Waals surface area contributed by atoms with Crippen LogP contribution in [0.3, 0.4) is 0 Å². The van der Waals surface area contributed by atoms with E-state index in [4.69, 9.17) is 28.4 Å². The first-order valence-electron chi connectivity index (χ1n) is 2.06. The number of halogens is 2. The van der Waals surface area contributed by atoms with Crippen LogP contribution >= 0.6 is 23.2 Å². The maximum absolute atomic E-state index is 8.74. The van der Waals surface area contributed by atoms with Gasteiger partial charge in [0.1, 0.15) is 12.7 Å². The summed E-state index contributed by atoms with van der Waals surface area (Å²) in [4.78, 5) is 6.87. The lowest BCUT2D eigenvalue weighted by molar-refractivity contribution is -0.0349. The molecule has 50 valence electrons. The Morgan fingerprint density at radius 1 is 1.56 bits per heavy atom. The lowest BCUT2D eigenvalue weighted by atomic mass is 10.9. The van der Waals surface area contributed by atoms with Gasteiger partial charge in [0.2, 0.25) is 0 Å². The third-order valence-electron chi connectivity index (χ3n) is 0.731. The Balaban J connectivity index is 2.78. The van der Waals surface area contributed by atoms with Gasteiger partial charge in [0.05, 0.1) is 0 Å². The lowest BCUT2D eigenvalue weighted by Crippen LogP contribution is -2.36. The number of nitrogens with zero attached hydrogens (tertiary/aromatic N) is 3. The standard InChI is InChI=1S/C3H3Cl2N3O/c4-3(5)7-1-6-2-8(3)9/h1-2,9H. The molecule has 0 aromatic rings. The average Bonchev–Trinajstić information content (AvgIpc) is 1.77. The van der Waals surface area contributed by atoms with Crippen molar-refractivity contribution in [3.8, 4) is 0 Å². The second-order valence-corrected chi connectivity index (χ2v) is 2.61. The van der Waals surface area contributed by atoms with Gasteiger partial charge in [-0.25, -0.2) is 9.98 Å². The molecular formula is C3H3Cl2N3O. The molecule has 1 aliphatic rings. The molecule has 1 aliphatic heterocycles. The number of hydroxylamine groups is 2. The third-order valence-corrected chi connectivity index (χ3v) is 1.27. The number of rotatable bonds is 0. The van der Waals surface area contributed by atoms with Crippen molar-refractivity contribution in [2.75, 3.05) is 0 Å². The van der Waals surface area contributed by atoms with Crippen molar-refractivity contribution in [3.63, 3.8) is 0 Å². The monoisotopic (exact) mass is 167 g/mol. The molecule has 9 heavy (non-hydrogen) atoms. The van der Waals surface area contributed by atoms with Crippen LogP contribution < -0.4 is 0 Å². The zero-order valence-electron chi connectivity index (χ0n) is 4.20. The summed E-state index contributed by atoms with van der Waals surface area (Å²) in [5.41, 5.74) is 0. The van der Waals surface area contributed by atoms with Crippen LogP contribution in [0.25, 0.3) is 0 Å². The lowest BCUT2D eigenvalue weighted by Gasteiger charge is -2.23. The van der Waals surface area contributed by atoms with Crippen LogP contribution in [0.5, 0.6) is 0 Å². The van der Waals surface area contributed by atoms with Gasteiger partial charge in [-0.15, -0.1) is 0 Å². The second-order valence-electron chi connectivity index (χ2n) is 1.36. The summed E-state index contributed by atoms with van der Waals surface area (Å²) < 4.78 is -1.61. The predicted molar refractivity (Wildman–Crippen MR) is 35.0 cm³/mol. The van der Waals surface area contributed by atoms with Gasteiger partial charge in [-0.2, -0.15) is 5.06 Å². The quantitative estimate of drug-likeness (QED) is 0.430. The van der Waals surface area contributed by atoms with Gasteiger partial charge in [-0.3, -0.25) is 5.21 Å². The number of aliphatic imine (C=N–C) groups is 2. The highest BCUT2D eigenvalue weighted by atomic mass is 35.5. The third kappa shape index (κ3) is 1.32. The van der Waals surface area contributed by atoms with E-state index in [1.54, 1.807) is 0 Å². The fraction of sp³-hybridized carbons (Fsp3) is 0.333. The minimum Gasteiger partial charge on any atom is -0.283 e. The van der Waals surface area contributed by atoms with Gasteiger partial charge in [0.15, 0.2) is 0 Å². The van der Waals surface area contributed by atoms with Gasteiger partial charge >= 0.3 is 4.58 Å². The van der Waals surface area contributed by atoms with Crippen LogP contribution in [0, 0.1) is 0 Å². The zero-order chi connectivity index (χ0) is 6.91. The average molecular weight is 168 g/mol. The molecule has 0 atom stereocenters. The van der Waals surface area contributed by atoms with Crippen molar-refractivity contribution in [3.05, 3.63) is 0 Å². The van der Waals surface area contributed by atoms with Crippen LogP contribution in [0.2, 0.25) is 0 Å². The van der Waals surface area contributed by atoms with Crippen molar-refractivity contribution in [1.82, 2.24) is 5.06 Å². The van der Waals surface area contributed by atoms with E-state index in [0.29, 0.717) is 5.06 Å². The summed E-state index contributed by atoms with van der Waals surface area (Å²) in [5.74, 6) is 0. The molecule has 0 amide bonds. The normalized spacial score (nSPS) is 22.8. The molecule has 6 heteroatoms. The summed E-state index contributed by atoms with van der Waals surface area (Å²) in [6.07, 6.45) is 2.22. The molecule has 0 aromatic carbocycles. The molecule has 0 spiro atoms. The van der Waals surface area contributed by atoms with Gasteiger partial charge in [-0.05, 0) is 23.2 Å². The number of hydrogen-bond donors (Lipinski definition) is 1. The Morgan fingerprint density at radius 2 is 2.22 bits per heavy atom. The fourth-order valence-corrected chi connectivity index (χ4v) is 0.499. The predicted octanol–water partition coefficient (Wildman–Crippen LogP) is 0.837. The summed E-state index contributed by atoms with van der Waals surface area (Å²) in [5, 5.41) is 9.24. The fourth-order valence-electron chi connectivity index (χ4n) is 0.324. The Hall–Kier alpha value is -0.320. The van der Waals surface area contributed by atoms with Crippen molar-refractivity contribution < 1.29 is 5.21 Å². The van der Waals surface area contributed by atoms with Crippen LogP contribution in [0.4, 0.5) is 0 Å². The zero-order valence-corrected chi connectivity index (χ0v) is 5.71. The second kappa shape index (κ2) is 2.13. The van der Waals surface area contributed by atoms with Crippen LogP contribution in [0.1, 0.15) is 0 Å². The highest BCUT2D eigenvalue weighted by Gasteiger charge is 2.29. The van der Waals surface area contributed by atoms with E-state index < -0.39 is 4.58 Å². The minimum atomic E-state index is -1.61. The van der Waals surface area contributed by atoms with Crippen LogP contribution in [-0.4, -0.2) is 27.5 Å². The maximum Gasteiger partial charge on any atom is 0.312 e. The van der Waals surface area contributed by atoms with E-state index in [-0.39, 0.29) is 0 Å². The Morgan fingerprint density at radius 3 is 2.56 bits per heavy atom. The van der Waals surface area contributed by atoms with Crippen molar-refractivity contribution >= 4 is 35.9 Å². The van der Waals surface area contributed by atoms with E-state index in [9.17, 15) is 0 Å². The molecule has 0 unspecified atom stereocenters. The smallest absolute Gasteiger partial charge is 0.283 e. The van der Waals surface area contributed by atoms with Crippen LogP contribution in [-0.2, 0) is 0 Å². The molecule has 4 nitrogen and oxygen atoms in total. The van der Waals surface area contributed by atoms with Gasteiger partial charge in [-0.1, -0.05) is 0 Å². The first kappa shape index (κ1) is 6.80. The minimum absolute atomic E-state index is 0.496. The summed E-state index contributed by atoms with van der Waals surface area (Å²) >= 11 is 10.7. The molecule has 0 saturated carbocycles. The topological polar surface area (TPSA) is 48.2 Å². The van der Waals surface area contributed by atoms with Gasteiger partial charge < -0.3 is 0 Å². The Kier molecular flexibility index (Phi) is 1.61. The highest BCUT2D eigenvalue weighted by Crippen LogP contribution is 2.25. The molecule has 0 radical (unpaired) electrons. The number of alkyl halides is 2. The van der Waals surface area contributed by atoms with Crippen molar-refractivity contribution in [1.29, 1.82) is 0 Å². The SMILES string of the molecule is ON1C=NC=NC1(Cl)Cl.